The molecule has 5 nitrogen and oxygen atoms in total. The van der Waals surface area contributed by atoms with Crippen LogP contribution >= 0.6 is 11.6 Å². The molecule has 0 radical (unpaired) electrons. The van der Waals surface area contributed by atoms with E-state index >= 15 is 0 Å². The molecule has 2 unspecified atom stereocenters. The smallest absolute Gasteiger partial charge is 0.410 e. The van der Waals surface area contributed by atoms with Crippen LogP contribution in [0.15, 0.2) is 67.0 Å². The lowest BCUT2D eigenvalue weighted by atomic mass is 9.97. The lowest BCUT2D eigenvalue weighted by molar-refractivity contribution is 0.0866. The highest BCUT2D eigenvalue weighted by Gasteiger charge is 2.41. The van der Waals surface area contributed by atoms with Crippen LogP contribution in [0.1, 0.15) is 41.9 Å². The summed E-state index contributed by atoms with van der Waals surface area (Å²) in [5, 5.41) is 0.244. The molecule has 3 heterocycles. The monoisotopic (exact) mass is 443 g/mol. The van der Waals surface area contributed by atoms with Gasteiger partial charge in [0, 0.05) is 29.9 Å². The van der Waals surface area contributed by atoms with E-state index < -0.39 is 0 Å². The maximum Gasteiger partial charge on any atom is 0.410 e. The molecule has 1 aliphatic carbocycles. The van der Waals surface area contributed by atoms with Crippen molar-refractivity contribution in [3.05, 3.63) is 89.0 Å². The van der Waals surface area contributed by atoms with Crippen LogP contribution in [0, 0.1) is 0 Å². The summed E-state index contributed by atoms with van der Waals surface area (Å²) >= 11 is 5.83. The summed E-state index contributed by atoms with van der Waals surface area (Å²) in [7, 11) is 0. The number of benzene rings is 2. The average molecular weight is 444 g/mol. The van der Waals surface area contributed by atoms with Crippen LogP contribution in [0.5, 0.6) is 0 Å². The fourth-order valence-corrected chi connectivity index (χ4v) is 5.57. The molecule has 3 aliphatic rings. The normalized spacial score (nSPS) is 21.2. The van der Waals surface area contributed by atoms with Crippen LogP contribution in [0.2, 0.25) is 5.28 Å². The number of amides is 1. The zero-order chi connectivity index (χ0) is 21.7. The highest BCUT2D eigenvalue weighted by molar-refractivity contribution is 6.28. The number of aromatic nitrogens is 2. The Kier molecular flexibility index (Phi) is 4.72. The first-order valence-corrected chi connectivity index (χ1v) is 11.4. The van der Waals surface area contributed by atoms with Gasteiger partial charge < -0.3 is 4.74 Å². The van der Waals surface area contributed by atoms with Gasteiger partial charge in [0.1, 0.15) is 6.61 Å². The summed E-state index contributed by atoms with van der Waals surface area (Å²) in [5.41, 5.74) is 7.08. The van der Waals surface area contributed by atoms with E-state index in [0.717, 1.165) is 24.8 Å². The lowest BCUT2D eigenvalue weighted by Crippen LogP contribution is -2.43. The third-order valence-corrected chi connectivity index (χ3v) is 7.13. The summed E-state index contributed by atoms with van der Waals surface area (Å²) < 4.78 is 5.93. The second kappa shape index (κ2) is 7.75. The first-order chi connectivity index (χ1) is 15.7. The quantitative estimate of drug-likeness (QED) is 0.487. The van der Waals surface area contributed by atoms with Crippen molar-refractivity contribution in [2.24, 2.45) is 0 Å². The van der Waals surface area contributed by atoms with Gasteiger partial charge in [-0.15, -0.1) is 0 Å². The SMILES string of the molecule is O=C(OCC1c2ccccc2-c2ccccc21)N1C2C=C(c3cnc(Cl)nc3)CC1CC2. The number of hydrogen-bond donors (Lipinski definition) is 0. The van der Waals surface area contributed by atoms with Gasteiger partial charge in [0.25, 0.3) is 0 Å². The van der Waals surface area contributed by atoms with E-state index in [1.165, 1.54) is 27.8 Å². The minimum atomic E-state index is -0.220. The van der Waals surface area contributed by atoms with Crippen molar-refractivity contribution < 1.29 is 9.53 Å². The predicted molar refractivity (Wildman–Crippen MR) is 123 cm³/mol. The van der Waals surface area contributed by atoms with Crippen molar-refractivity contribution in [2.75, 3.05) is 6.61 Å². The molecule has 32 heavy (non-hydrogen) atoms. The Morgan fingerprint density at radius 3 is 2.31 bits per heavy atom. The maximum absolute atomic E-state index is 13.2. The van der Waals surface area contributed by atoms with E-state index in [2.05, 4.69) is 64.6 Å². The van der Waals surface area contributed by atoms with Gasteiger partial charge in [-0.3, -0.25) is 4.90 Å². The molecule has 160 valence electrons. The van der Waals surface area contributed by atoms with E-state index in [9.17, 15) is 4.79 Å². The molecule has 1 fully saturated rings. The molecule has 2 bridgehead atoms. The van der Waals surface area contributed by atoms with Crippen molar-refractivity contribution in [3.63, 3.8) is 0 Å². The average Bonchev–Trinajstić information content (AvgIpc) is 3.29. The fourth-order valence-electron chi connectivity index (χ4n) is 5.48. The number of ether oxygens (including phenoxy) is 1. The van der Waals surface area contributed by atoms with Crippen LogP contribution in [0.3, 0.4) is 0 Å². The molecule has 1 amide bonds. The largest absolute Gasteiger partial charge is 0.448 e. The Balaban J connectivity index is 1.20. The van der Waals surface area contributed by atoms with Crippen molar-refractivity contribution in [3.8, 4) is 11.1 Å². The summed E-state index contributed by atoms with van der Waals surface area (Å²) in [6.45, 7) is 0.352. The van der Waals surface area contributed by atoms with Gasteiger partial charge in [-0.2, -0.15) is 0 Å². The van der Waals surface area contributed by atoms with Gasteiger partial charge in [0.15, 0.2) is 0 Å². The standard InChI is InChI=1S/C26H22ClN3O2/c27-25-28-13-17(14-29-25)16-11-18-9-10-19(12-16)30(18)26(31)32-15-24-22-7-3-1-5-20(22)21-6-2-4-8-23(21)24/h1-8,11,13-14,18-19,24H,9-10,12,15H2. The highest BCUT2D eigenvalue weighted by atomic mass is 35.5. The Morgan fingerprint density at radius 2 is 1.66 bits per heavy atom. The topological polar surface area (TPSA) is 55.3 Å². The number of hydrogen-bond acceptors (Lipinski definition) is 4. The van der Waals surface area contributed by atoms with E-state index in [1.807, 2.05) is 4.90 Å². The number of carbonyl (C=O) groups excluding carboxylic acids is 1. The Labute approximate surface area is 191 Å². The summed E-state index contributed by atoms with van der Waals surface area (Å²) in [5.74, 6) is 0.0751. The van der Waals surface area contributed by atoms with Crippen LogP contribution in [-0.4, -0.2) is 39.7 Å². The minimum absolute atomic E-state index is 0.0510. The summed E-state index contributed by atoms with van der Waals surface area (Å²) in [6, 6.07) is 17.0. The second-order valence-electron chi connectivity index (χ2n) is 8.65. The molecule has 2 aromatic carbocycles. The van der Waals surface area contributed by atoms with Gasteiger partial charge in [0.2, 0.25) is 5.28 Å². The molecule has 1 saturated heterocycles. The third kappa shape index (κ3) is 3.19. The molecule has 6 heteroatoms. The molecule has 6 rings (SSSR count). The zero-order valence-electron chi connectivity index (χ0n) is 17.4. The van der Waals surface area contributed by atoms with Gasteiger partial charge in [-0.25, -0.2) is 14.8 Å². The molecule has 0 saturated carbocycles. The Hall–Kier alpha value is -3.18. The van der Waals surface area contributed by atoms with Gasteiger partial charge in [0.05, 0.1) is 6.04 Å². The first kappa shape index (κ1) is 19.5. The number of nitrogens with zero attached hydrogens (tertiary/aromatic N) is 3. The fraction of sp³-hybridized carbons (Fsp3) is 0.269. The number of fused-ring (bicyclic) bond motifs is 5. The predicted octanol–water partition coefficient (Wildman–Crippen LogP) is 5.70. The minimum Gasteiger partial charge on any atom is -0.448 e. The van der Waals surface area contributed by atoms with E-state index in [0.29, 0.717) is 6.61 Å². The van der Waals surface area contributed by atoms with Crippen molar-refractivity contribution in [2.45, 2.75) is 37.3 Å². The molecule has 2 aliphatic heterocycles. The van der Waals surface area contributed by atoms with Crippen LogP contribution in [0.4, 0.5) is 4.79 Å². The molecular formula is C26H22ClN3O2. The Morgan fingerprint density at radius 1 is 1.00 bits per heavy atom. The molecule has 1 aromatic heterocycles. The second-order valence-corrected chi connectivity index (χ2v) is 8.98. The molecular weight excluding hydrogens is 422 g/mol. The van der Waals surface area contributed by atoms with E-state index in [1.54, 1.807) is 12.4 Å². The summed E-state index contributed by atoms with van der Waals surface area (Å²) in [4.78, 5) is 23.3. The molecule has 0 spiro atoms. The van der Waals surface area contributed by atoms with Gasteiger partial charge >= 0.3 is 6.09 Å². The maximum atomic E-state index is 13.2. The van der Waals surface area contributed by atoms with E-state index in [-0.39, 0.29) is 29.4 Å². The van der Waals surface area contributed by atoms with Crippen molar-refractivity contribution >= 4 is 23.3 Å². The molecule has 3 aromatic rings. The lowest BCUT2D eigenvalue weighted by Gasteiger charge is -2.33. The number of rotatable bonds is 3. The summed E-state index contributed by atoms with van der Waals surface area (Å²) in [6.07, 6.45) is 8.16. The number of carbonyl (C=O) groups is 1. The molecule has 0 N–H and O–H groups in total. The van der Waals surface area contributed by atoms with Crippen molar-refractivity contribution in [1.82, 2.24) is 14.9 Å². The van der Waals surface area contributed by atoms with Gasteiger partial charge in [-0.05, 0) is 58.7 Å². The van der Waals surface area contributed by atoms with Gasteiger partial charge in [-0.1, -0.05) is 54.6 Å². The number of halogens is 1. The Bertz CT molecular complexity index is 1180. The zero-order valence-corrected chi connectivity index (χ0v) is 18.2. The third-order valence-electron chi connectivity index (χ3n) is 6.93. The van der Waals surface area contributed by atoms with Crippen LogP contribution in [0.25, 0.3) is 16.7 Å². The van der Waals surface area contributed by atoms with Crippen LogP contribution in [-0.2, 0) is 4.74 Å². The highest BCUT2D eigenvalue weighted by Crippen LogP contribution is 2.45. The van der Waals surface area contributed by atoms with E-state index in [4.69, 9.17) is 16.3 Å². The van der Waals surface area contributed by atoms with Crippen LogP contribution < -0.4 is 0 Å². The molecule has 2 atom stereocenters. The van der Waals surface area contributed by atoms with Crippen molar-refractivity contribution in [1.29, 1.82) is 0 Å². The first-order valence-electron chi connectivity index (χ1n) is 11.0.